The average Bonchev–Trinajstić information content (AvgIpc) is 2.39. The van der Waals surface area contributed by atoms with Crippen molar-refractivity contribution in [3.05, 3.63) is 0 Å². The number of nitrogens with one attached hydrogen (secondary N) is 2. The highest BCUT2D eigenvalue weighted by molar-refractivity contribution is 6.22. The third kappa shape index (κ3) is 2.39. The Balaban J connectivity index is 2.40. The number of aromatic nitrogens is 4. The minimum Gasteiger partial charge on any atom is -0.477 e. The largest absolute Gasteiger partial charge is 0.477 e. The van der Waals surface area contributed by atoms with E-state index in [0.29, 0.717) is 6.21 Å². The van der Waals surface area contributed by atoms with Crippen LogP contribution in [0.15, 0.2) is 5.10 Å². The number of carboxylic acid groups (broad SMARTS) is 1. The molecular weight excluding hydrogens is 152 g/mol. The van der Waals surface area contributed by atoms with Crippen LogP contribution in [-0.4, -0.2) is 37.9 Å². The molecule has 8 heteroatoms. The van der Waals surface area contributed by atoms with Crippen LogP contribution < -0.4 is 5.43 Å². The van der Waals surface area contributed by atoms with Crippen LogP contribution in [0.1, 0.15) is 0 Å². The van der Waals surface area contributed by atoms with Crippen LogP contribution in [0.25, 0.3) is 0 Å². The molecule has 11 heavy (non-hydrogen) atoms. The Labute approximate surface area is 60.3 Å². The Morgan fingerprint density at radius 2 is 2.64 bits per heavy atom. The van der Waals surface area contributed by atoms with E-state index in [0.717, 1.165) is 0 Å². The van der Waals surface area contributed by atoms with Crippen molar-refractivity contribution < 1.29 is 9.90 Å². The van der Waals surface area contributed by atoms with Crippen molar-refractivity contribution in [2.75, 3.05) is 5.43 Å². The molecule has 1 aromatic heterocycles. The van der Waals surface area contributed by atoms with Crippen LogP contribution in [0, 0.1) is 0 Å². The van der Waals surface area contributed by atoms with Gasteiger partial charge in [0.15, 0.2) is 0 Å². The number of hydrogen-bond acceptors (Lipinski definition) is 6. The normalized spacial score (nSPS) is 10.2. The number of hydrogen-bond donors (Lipinski definition) is 3. The second-order valence-electron chi connectivity index (χ2n) is 1.46. The number of rotatable bonds is 3. The van der Waals surface area contributed by atoms with E-state index >= 15 is 0 Å². The van der Waals surface area contributed by atoms with Gasteiger partial charge in [-0.2, -0.15) is 5.10 Å². The van der Waals surface area contributed by atoms with E-state index in [4.69, 9.17) is 5.11 Å². The molecule has 0 spiro atoms. The number of hydrazone groups is 1. The lowest BCUT2D eigenvalue weighted by Crippen LogP contribution is -1.99. The number of anilines is 1. The van der Waals surface area contributed by atoms with Crippen LogP contribution in [-0.2, 0) is 4.79 Å². The summed E-state index contributed by atoms with van der Waals surface area (Å²) in [5, 5.41) is 23.5. The van der Waals surface area contributed by atoms with Gasteiger partial charge in [0.25, 0.3) is 5.95 Å². The summed E-state index contributed by atoms with van der Waals surface area (Å²) >= 11 is 0. The van der Waals surface area contributed by atoms with Crippen molar-refractivity contribution in [1.29, 1.82) is 0 Å². The van der Waals surface area contributed by atoms with Gasteiger partial charge in [-0.05, 0) is 10.4 Å². The summed E-state index contributed by atoms with van der Waals surface area (Å²) < 4.78 is 0. The van der Waals surface area contributed by atoms with Gasteiger partial charge in [0, 0.05) is 0 Å². The molecule has 0 unspecified atom stereocenters. The van der Waals surface area contributed by atoms with Crippen LogP contribution in [0.5, 0.6) is 0 Å². The molecule has 1 rings (SSSR count). The summed E-state index contributed by atoms with van der Waals surface area (Å²) in [5.41, 5.74) is 2.25. The predicted molar refractivity (Wildman–Crippen MR) is 33.9 cm³/mol. The van der Waals surface area contributed by atoms with E-state index < -0.39 is 5.97 Å². The van der Waals surface area contributed by atoms with Gasteiger partial charge in [-0.15, -0.1) is 0 Å². The zero-order chi connectivity index (χ0) is 8.10. The third-order valence-corrected chi connectivity index (χ3v) is 0.691. The highest BCUT2D eigenvalue weighted by atomic mass is 16.4. The summed E-state index contributed by atoms with van der Waals surface area (Å²) in [7, 11) is 0. The average molecular weight is 156 g/mol. The highest BCUT2D eigenvalue weighted by Crippen LogP contribution is 1.87. The first kappa shape index (κ1) is 7.12. The Hall–Kier alpha value is -1.99. The van der Waals surface area contributed by atoms with E-state index in [-0.39, 0.29) is 5.95 Å². The summed E-state index contributed by atoms with van der Waals surface area (Å²) in [6, 6.07) is 0. The molecule has 0 saturated heterocycles. The molecule has 1 aromatic rings. The predicted octanol–water partition coefficient (Wildman–Crippen LogP) is -1.32. The number of aliphatic carboxylic acids is 1. The summed E-state index contributed by atoms with van der Waals surface area (Å²) in [4.78, 5) is 9.88. The molecule has 0 amide bonds. The maximum atomic E-state index is 9.88. The summed E-state index contributed by atoms with van der Waals surface area (Å²) in [6.45, 7) is 0. The quantitative estimate of drug-likeness (QED) is 0.369. The molecule has 8 nitrogen and oxygen atoms in total. The van der Waals surface area contributed by atoms with Gasteiger partial charge in [0.2, 0.25) is 0 Å². The molecule has 0 aliphatic rings. The van der Waals surface area contributed by atoms with E-state index in [1.54, 1.807) is 0 Å². The summed E-state index contributed by atoms with van der Waals surface area (Å²) in [6.07, 6.45) is 0.683. The van der Waals surface area contributed by atoms with E-state index in [9.17, 15) is 4.79 Å². The fourth-order valence-corrected chi connectivity index (χ4v) is 0.355. The number of H-pyrrole nitrogens is 1. The Bertz CT molecular complexity index is 253. The monoisotopic (exact) mass is 156 g/mol. The lowest BCUT2D eigenvalue weighted by atomic mass is 10.8. The second kappa shape index (κ2) is 3.25. The first-order valence-corrected chi connectivity index (χ1v) is 2.55. The topological polar surface area (TPSA) is 116 Å². The van der Waals surface area contributed by atoms with Gasteiger partial charge in [-0.3, -0.25) is 0 Å². The fraction of sp³-hybridized carbons (Fsp3) is 0. The van der Waals surface area contributed by atoms with Crippen molar-refractivity contribution >= 4 is 18.1 Å². The van der Waals surface area contributed by atoms with Crippen LogP contribution in [0.2, 0.25) is 0 Å². The molecule has 0 aliphatic carbocycles. The first-order valence-electron chi connectivity index (χ1n) is 2.55. The van der Waals surface area contributed by atoms with Crippen molar-refractivity contribution in [3.8, 4) is 0 Å². The van der Waals surface area contributed by atoms with Gasteiger partial charge in [-0.1, -0.05) is 5.10 Å². The number of carbonyl (C=O) groups is 1. The van der Waals surface area contributed by atoms with Crippen molar-refractivity contribution in [2.24, 2.45) is 5.10 Å². The molecule has 0 bridgehead atoms. The third-order valence-electron chi connectivity index (χ3n) is 0.691. The van der Waals surface area contributed by atoms with Crippen LogP contribution in [0.3, 0.4) is 0 Å². The Kier molecular flexibility index (Phi) is 2.10. The molecule has 58 valence electrons. The molecule has 1 heterocycles. The van der Waals surface area contributed by atoms with Crippen molar-refractivity contribution in [1.82, 2.24) is 20.6 Å². The molecule has 0 saturated carbocycles. The molecule has 0 atom stereocenters. The molecule has 0 aromatic carbocycles. The van der Waals surface area contributed by atoms with Gasteiger partial charge in [0.1, 0.15) is 6.21 Å². The first-order chi connectivity index (χ1) is 5.29. The summed E-state index contributed by atoms with van der Waals surface area (Å²) in [5.74, 6) is -0.965. The lowest BCUT2D eigenvalue weighted by molar-refractivity contribution is -0.128. The molecule has 0 fully saturated rings. The smallest absolute Gasteiger partial charge is 0.348 e. The lowest BCUT2D eigenvalue weighted by Gasteiger charge is -1.86. The van der Waals surface area contributed by atoms with E-state index in [1.807, 2.05) is 0 Å². The van der Waals surface area contributed by atoms with E-state index in [2.05, 4.69) is 31.2 Å². The molecule has 0 radical (unpaired) electrons. The van der Waals surface area contributed by atoms with E-state index in [1.165, 1.54) is 0 Å². The van der Waals surface area contributed by atoms with Gasteiger partial charge in [0.05, 0.1) is 0 Å². The molecule has 3 N–H and O–H groups in total. The minimum atomic E-state index is -1.15. The maximum Gasteiger partial charge on any atom is 0.348 e. The molecular formula is C3H4N6O2. The fourth-order valence-electron chi connectivity index (χ4n) is 0.355. The molecule has 0 aliphatic heterocycles. The SMILES string of the molecule is O=C(O)/C=N/Nc1nnn[nH]1. The Morgan fingerprint density at radius 3 is 3.18 bits per heavy atom. The van der Waals surface area contributed by atoms with Crippen molar-refractivity contribution in [2.45, 2.75) is 0 Å². The van der Waals surface area contributed by atoms with Crippen molar-refractivity contribution in [3.63, 3.8) is 0 Å². The zero-order valence-electron chi connectivity index (χ0n) is 5.22. The van der Waals surface area contributed by atoms with Crippen LogP contribution >= 0.6 is 0 Å². The second-order valence-corrected chi connectivity index (χ2v) is 1.46. The number of carboxylic acids is 1. The maximum absolute atomic E-state index is 9.88. The number of aromatic amines is 1. The Morgan fingerprint density at radius 1 is 1.82 bits per heavy atom. The standard InChI is InChI=1S/C3H4N6O2/c10-2(11)1-4-5-3-6-8-9-7-3/h1H,(H,10,11)(H2,5,6,7,8,9)/b4-1+. The van der Waals surface area contributed by atoms with Gasteiger partial charge < -0.3 is 5.11 Å². The highest BCUT2D eigenvalue weighted by Gasteiger charge is 1.91. The number of nitrogens with zero attached hydrogens (tertiary/aromatic N) is 4. The minimum absolute atomic E-state index is 0.183. The van der Waals surface area contributed by atoms with Gasteiger partial charge in [-0.25, -0.2) is 15.3 Å². The van der Waals surface area contributed by atoms with Gasteiger partial charge >= 0.3 is 5.97 Å². The zero-order valence-corrected chi connectivity index (χ0v) is 5.22. The number of tetrazole rings is 1. The van der Waals surface area contributed by atoms with Crippen LogP contribution in [0.4, 0.5) is 5.95 Å².